The van der Waals surface area contributed by atoms with Crippen LogP contribution in [0, 0.1) is 5.92 Å². The smallest absolute Gasteiger partial charge is 0.228 e. The molecule has 0 spiro atoms. The molecule has 2 fully saturated rings. The van der Waals surface area contributed by atoms with E-state index >= 15 is 0 Å². The molecule has 1 aliphatic heterocycles. The minimum absolute atomic E-state index is 0.641. The van der Waals surface area contributed by atoms with Crippen molar-refractivity contribution in [2.45, 2.75) is 51.0 Å². The molecule has 0 aromatic carbocycles. The van der Waals surface area contributed by atoms with Gasteiger partial charge in [0.1, 0.15) is 0 Å². The molecule has 0 amide bonds. The number of nitrogens with one attached hydrogen (secondary N) is 1. The van der Waals surface area contributed by atoms with Gasteiger partial charge >= 0.3 is 0 Å². The number of ether oxygens (including phenoxy) is 1. The van der Waals surface area contributed by atoms with Gasteiger partial charge in [-0.15, -0.1) is 0 Å². The lowest BCUT2D eigenvalue weighted by atomic mass is 9.89. The van der Waals surface area contributed by atoms with Crippen LogP contribution in [-0.4, -0.2) is 42.8 Å². The Bertz CT molecular complexity index is 454. The number of hydrogen-bond acceptors (Lipinski definition) is 5. The van der Waals surface area contributed by atoms with Gasteiger partial charge < -0.3 is 15.0 Å². The van der Waals surface area contributed by atoms with Crippen molar-refractivity contribution in [3.8, 4) is 5.88 Å². The van der Waals surface area contributed by atoms with E-state index in [0.717, 1.165) is 25.0 Å². The zero-order chi connectivity index (χ0) is 15.2. The van der Waals surface area contributed by atoms with Crippen LogP contribution in [0.5, 0.6) is 5.88 Å². The molecule has 0 radical (unpaired) electrons. The Morgan fingerprint density at radius 2 is 1.95 bits per heavy atom. The molecule has 1 N–H and O–H groups in total. The molecule has 5 nitrogen and oxygen atoms in total. The lowest BCUT2D eigenvalue weighted by Crippen LogP contribution is -2.44. The average Bonchev–Trinajstić information content (AvgIpc) is 2.61. The number of rotatable bonds is 5. The van der Waals surface area contributed by atoms with Crippen molar-refractivity contribution in [1.82, 2.24) is 15.3 Å². The third-order valence-electron chi connectivity index (χ3n) is 5.02. The summed E-state index contributed by atoms with van der Waals surface area (Å²) in [6, 6.07) is 2.45. The van der Waals surface area contributed by atoms with Gasteiger partial charge in [0.2, 0.25) is 11.8 Å². The van der Waals surface area contributed by atoms with Gasteiger partial charge in [-0.2, -0.15) is 4.98 Å². The SMILES string of the molecule is COc1ccnc(N2CCC(NCC3CCCCC3)CC2)n1. The summed E-state index contributed by atoms with van der Waals surface area (Å²) < 4.78 is 5.18. The van der Waals surface area contributed by atoms with Gasteiger partial charge in [0.05, 0.1) is 7.11 Å². The van der Waals surface area contributed by atoms with Gasteiger partial charge in [-0.05, 0) is 38.1 Å². The van der Waals surface area contributed by atoms with E-state index in [0.29, 0.717) is 11.9 Å². The Labute approximate surface area is 133 Å². The Kier molecular flexibility index (Phi) is 5.48. The zero-order valence-electron chi connectivity index (χ0n) is 13.6. The molecule has 1 aromatic heterocycles. The monoisotopic (exact) mass is 304 g/mol. The highest BCUT2D eigenvalue weighted by Gasteiger charge is 2.22. The van der Waals surface area contributed by atoms with Gasteiger partial charge in [0.25, 0.3) is 0 Å². The summed E-state index contributed by atoms with van der Waals surface area (Å²) in [6.07, 6.45) is 11.3. The largest absolute Gasteiger partial charge is 0.481 e. The highest BCUT2D eigenvalue weighted by Crippen LogP contribution is 2.24. The predicted molar refractivity (Wildman–Crippen MR) is 88.4 cm³/mol. The Morgan fingerprint density at radius 3 is 2.68 bits per heavy atom. The number of piperidine rings is 1. The van der Waals surface area contributed by atoms with Crippen LogP contribution in [0.25, 0.3) is 0 Å². The topological polar surface area (TPSA) is 50.3 Å². The fraction of sp³-hybridized carbons (Fsp3) is 0.765. The lowest BCUT2D eigenvalue weighted by molar-refractivity contribution is 0.311. The molecule has 2 heterocycles. The second kappa shape index (κ2) is 7.77. The van der Waals surface area contributed by atoms with E-state index < -0.39 is 0 Å². The van der Waals surface area contributed by atoms with Crippen LogP contribution in [0.3, 0.4) is 0 Å². The van der Waals surface area contributed by atoms with Crippen molar-refractivity contribution in [2.75, 3.05) is 31.6 Å². The molecule has 22 heavy (non-hydrogen) atoms. The molecule has 0 unspecified atom stereocenters. The quantitative estimate of drug-likeness (QED) is 0.906. The summed E-state index contributed by atoms with van der Waals surface area (Å²) in [6.45, 7) is 3.26. The molecule has 0 bridgehead atoms. The van der Waals surface area contributed by atoms with E-state index in [4.69, 9.17) is 4.74 Å². The number of nitrogens with zero attached hydrogens (tertiary/aromatic N) is 3. The molecule has 5 heteroatoms. The van der Waals surface area contributed by atoms with E-state index in [1.807, 2.05) is 0 Å². The predicted octanol–water partition coefficient (Wildman–Crippen LogP) is 2.62. The van der Waals surface area contributed by atoms with Crippen LogP contribution in [-0.2, 0) is 0 Å². The van der Waals surface area contributed by atoms with Crippen LogP contribution in [0.1, 0.15) is 44.9 Å². The fourth-order valence-corrected chi connectivity index (χ4v) is 3.61. The van der Waals surface area contributed by atoms with Crippen molar-refractivity contribution in [1.29, 1.82) is 0 Å². The second-order valence-corrected chi connectivity index (χ2v) is 6.57. The van der Waals surface area contributed by atoms with Gasteiger partial charge in [-0.25, -0.2) is 4.98 Å². The summed E-state index contributed by atoms with van der Waals surface area (Å²) in [7, 11) is 1.65. The standard InChI is InChI=1S/C17H28N4O/c1-22-16-7-10-18-17(20-16)21-11-8-15(9-12-21)19-13-14-5-3-2-4-6-14/h7,10,14-15,19H,2-6,8-9,11-13H2,1H3. The molecule has 122 valence electrons. The Balaban J connectivity index is 1.43. The zero-order valence-corrected chi connectivity index (χ0v) is 13.6. The molecular formula is C17H28N4O. The van der Waals surface area contributed by atoms with E-state index in [9.17, 15) is 0 Å². The molecule has 1 aliphatic carbocycles. The fourth-order valence-electron chi connectivity index (χ4n) is 3.61. The normalized spacial score (nSPS) is 21.0. The van der Waals surface area contributed by atoms with Gasteiger partial charge in [0, 0.05) is 31.4 Å². The van der Waals surface area contributed by atoms with Crippen LogP contribution in [0.2, 0.25) is 0 Å². The third-order valence-corrected chi connectivity index (χ3v) is 5.02. The summed E-state index contributed by atoms with van der Waals surface area (Å²) in [5, 5.41) is 3.79. The summed E-state index contributed by atoms with van der Waals surface area (Å²) in [5.41, 5.74) is 0. The maximum absolute atomic E-state index is 5.18. The first-order valence-corrected chi connectivity index (χ1v) is 8.70. The number of methoxy groups -OCH3 is 1. The molecule has 1 saturated carbocycles. The first-order valence-electron chi connectivity index (χ1n) is 8.70. The molecule has 2 aliphatic rings. The summed E-state index contributed by atoms with van der Waals surface area (Å²) in [5.74, 6) is 2.35. The number of aromatic nitrogens is 2. The molecule has 1 saturated heterocycles. The van der Waals surface area contributed by atoms with Gasteiger partial charge in [-0.1, -0.05) is 19.3 Å². The summed E-state index contributed by atoms with van der Waals surface area (Å²) in [4.78, 5) is 11.1. The van der Waals surface area contributed by atoms with Crippen LogP contribution < -0.4 is 15.0 Å². The molecule has 1 aromatic rings. The van der Waals surface area contributed by atoms with Gasteiger partial charge in [0.15, 0.2) is 0 Å². The highest BCUT2D eigenvalue weighted by molar-refractivity contribution is 5.32. The van der Waals surface area contributed by atoms with Crippen molar-refractivity contribution in [3.05, 3.63) is 12.3 Å². The van der Waals surface area contributed by atoms with Crippen LogP contribution in [0.4, 0.5) is 5.95 Å². The second-order valence-electron chi connectivity index (χ2n) is 6.57. The van der Waals surface area contributed by atoms with Crippen LogP contribution >= 0.6 is 0 Å². The van der Waals surface area contributed by atoms with E-state index in [1.54, 1.807) is 19.4 Å². The minimum atomic E-state index is 0.641. The Morgan fingerprint density at radius 1 is 1.18 bits per heavy atom. The van der Waals surface area contributed by atoms with Crippen molar-refractivity contribution >= 4 is 5.95 Å². The first-order chi connectivity index (χ1) is 10.8. The average molecular weight is 304 g/mol. The van der Waals surface area contributed by atoms with E-state index in [-0.39, 0.29) is 0 Å². The van der Waals surface area contributed by atoms with Gasteiger partial charge in [-0.3, -0.25) is 0 Å². The maximum atomic E-state index is 5.18. The number of hydrogen-bond donors (Lipinski definition) is 1. The van der Waals surface area contributed by atoms with Crippen molar-refractivity contribution in [3.63, 3.8) is 0 Å². The summed E-state index contributed by atoms with van der Waals surface area (Å²) >= 11 is 0. The minimum Gasteiger partial charge on any atom is -0.481 e. The van der Waals surface area contributed by atoms with E-state index in [2.05, 4.69) is 20.2 Å². The lowest BCUT2D eigenvalue weighted by Gasteiger charge is -2.33. The van der Waals surface area contributed by atoms with E-state index in [1.165, 1.54) is 51.5 Å². The number of anilines is 1. The first kappa shape index (κ1) is 15.5. The van der Waals surface area contributed by atoms with Crippen LogP contribution in [0.15, 0.2) is 12.3 Å². The molecule has 0 atom stereocenters. The molecule has 3 rings (SSSR count). The van der Waals surface area contributed by atoms with Crippen molar-refractivity contribution < 1.29 is 4.74 Å². The van der Waals surface area contributed by atoms with Crippen molar-refractivity contribution in [2.24, 2.45) is 5.92 Å². The maximum Gasteiger partial charge on any atom is 0.228 e. The Hall–Kier alpha value is -1.36. The third kappa shape index (κ3) is 4.09. The molecular weight excluding hydrogens is 276 g/mol. The highest BCUT2D eigenvalue weighted by atomic mass is 16.5.